The van der Waals surface area contributed by atoms with Crippen LogP contribution in [0.5, 0.6) is 0 Å². The van der Waals surface area contributed by atoms with E-state index < -0.39 is 0 Å². The lowest BCUT2D eigenvalue weighted by atomic mass is 9.96. The van der Waals surface area contributed by atoms with Gasteiger partial charge in [-0.1, -0.05) is 42.8 Å². The average molecular weight is 198 g/mol. The van der Waals surface area contributed by atoms with Gasteiger partial charge in [0.15, 0.2) is 5.78 Å². The molecule has 2 aliphatic rings. The van der Waals surface area contributed by atoms with E-state index >= 15 is 0 Å². The van der Waals surface area contributed by atoms with Gasteiger partial charge in [0, 0.05) is 11.5 Å². The second kappa shape index (κ2) is 3.34. The maximum absolute atomic E-state index is 12.1. The molecule has 15 heavy (non-hydrogen) atoms. The molecule has 1 heteroatoms. The van der Waals surface area contributed by atoms with Gasteiger partial charge in [-0.05, 0) is 24.3 Å². The van der Waals surface area contributed by atoms with Crippen LogP contribution in [0, 0.1) is 11.8 Å². The van der Waals surface area contributed by atoms with Gasteiger partial charge < -0.3 is 0 Å². The number of carbonyl (C=O) groups excluding carboxylic acids is 1. The van der Waals surface area contributed by atoms with Gasteiger partial charge in [-0.3, -0.25) is 4.79 Å². The normalized spacial score (nSPS) is 29.1. The molecule has 0 saturated heterocycles. The molecule has 0 amide bonds. The highest BCUT2D eigenvalue weighted by atomic mass is 16.1. The molecule has 0 N–H and O–H groups in total. The summed E-state index contributed by atoms with van der Waals surface area (Å²) in [4.78, 5) is 12.1. The molecule has 0 radical (unpaired) electrons. The Morgan fingerprint density at radius 3 is 2.60 bits per heavy atom. The van der Waals surface area contributed by atoms with Crippen LogP contribution in [-0.2, 0) is 4.79 Å². The highest BCUT2D eigenvalue weighted by Crippen LogP contribution is 2.43. The van der Waals surface area contributed by atoms with Crippen LogP contribution in [0.15, 0.2) is 36.4 Å². The van der Waals surface area contributed by atoms with Crippen LogP contribution < -0.4 is 0 Å². The van der Waals surface area contributed by atoms with E-state index in [4.69, 9.17) is 0 Å². The van der Waals surface area contributed by atoms with E-state index in [-0.39, 0.29) is 0 Å². The summed E-state index contributed by atoms with van der Waals surface area (Å²) in [7, 11) is 0. The topological polar surface area (TPSA) is 17.1 Å². The summed E-state index contributed by atoms with van der Waals surface area (Å²) in [6.45, 7) is 0. The summed E-state index contributed by atoms with van der Waals surface area (Å²) in [6, 6.07) is 10.1. The van der Waals surface area contributed by atoms with Gasteiger partial charge >= 0.3 is 0 Å². The Morgan fingerprint density at radius 1 is 1.07 bits per heavy atom. The lowest BCUT2D eigenvalue weighted by molar-refractivity contribution is -0.117. The fourth-order valence-electron chi connectivity index (χ4n) is 2.87. The van der Waals surface area contributed by atoms with Crippen molar-refractivity contribution in [3.05, 3.63) is 42.0 Å². The third kappa shape index (κ3) is 1.34. The first-order chi connectivity index (χ1) is 7.36. The maximum Gasteiger partial charge on any atom is 0.166 e. The second-order valence-electron chi connectivity index (χ2n) is 4.51. The lowest BCUT2D eigenvalue weighted by Crippen LogP contribution is -2.10. The number of allylic oxidation sites excluding steroid dienone is 2. The molecule has 1 saturated carbocycles. The van der Waals surface area contributed by atoms with Crippen LogP contribution in [-0.4, -0.2) is 5.78 Å². The standard InChI is InChI=1S/C14H14O/c15-14-12-8-4-7-11(12)9-13(14)10-5-2-1-3-6-10/h1-3,5-6,9,11-12H,4,7-8H2. The number of fused-ring (bicyclic) bond motifs is 1. The predicted octanol–water partition coefficient (Wildman–Crippen LogP) is 3.07. The van der Waals surface area contributed by atoms with Crippen molar-refractivity contribution in [2.45, 2.75) is 19.3 Å². The quantitative estimate of drug-likeness (QED) is 0.677. The Kier molecular flexibility index (Phi) is 1.98. The highest BCUT2D eigenvalue weighted by molar-refractivity contribution is 6.24. The summed E-state index contributed by atoms with van der Waals surface area (Å²) in [5.74, 6) is 1.22. The van der Waals surface area contributed by atoms with Crippen molar-refractivity contribution in [1.82, 2.24) is 0 Å². The van der Waals surface area contributed by atoms with Crippen molar-refractivity contribution in [1.29, 1.82) is 0 Å². The zero-order valence-corrected chi connectivity index (χ0v) is 8.65. The van der Waals surface area contributed by atoms with Gasteiger partial charge in [-0.25, -0.2) is 0 Å². The molecule has 1 aromatic rings. The molecule has 0 aromatic heterocycles. The van der Waals surface area contributed by atoms with Crippen LogP contribution in [0.4, 0.5) is 0 Å². The van der Waals surface area contributed by atoms with Crippen molar-refractivity contribution < 1.29 is 4.79 Å². The third-order valence-corrected chi connectivity index (χ3v) is 3.64. The van der Waals surface area contributed by atoms with E-state index in [0.29, 0.717) is 17.6 Å². The summed E-state index contributed by atoms with van der Waals surface area (Å²) < 4.78 is 0. The molecule has 0 spiro atoms. The molecule has 2 unspecified atom stereocenters. The molecular weight excluding hydrogens is 184 g/mol. The first kappa shape index (κ1) is 8.90. The molecular formula is C14H14O. The van der Waals surface area contributed by atoms with Crippen LogP contribution in [0.3, 0.4) is 0 Å². The Balaban J connectivity index is 1.98. The monoisotopic (exact) mass is 198 g/mol. The number of Topliss-reactive ketones (excluding diaryl/α,β-unsaturated/α-hetero) is 1. The number of hydrogen-bond acceptors (Lipinski definition) is 1. The van der Waals surface area contributed by atoms with Crippen LogP contribution >= 0.6 is 0 Å². The Labute approximate surface area is 89.8 Å². The molecule has 0 aliphatic heterocycles. The molecule has 2 aliphatic carbocycles. The van der Waals surface area contributed by atoms with Crippen molar-refractivity contribution in [3.8, 4) is 0 Å². The van der Waals surface area contributed by atoms with Crippen molar-refractivity contribution in [3.63, 3.8) is 0 Å². The summed E-state index contributed by atoms with van der Waals surface area (Å²) in [5.41, 5.74) is 2.06. The minimum atomic E-state index is 0.306. The largest absolute Gasteiger partial charge is 0.294 e. The fourth-order valence-corrected chi connectivity index (χ4v) is 2.87. The van der Waals surface area contributed by atoms with Gasteiger partial charge in [0.05, 0.1) is 0 Å². The Hall–Kier alpha value is -1.37. The number of hydrogen-bond donors (Lipinski definition) is 0. The van der Waals surface area contributed by atoms with Crippen LogP contribution in [0.25, 0.3) is 5.57 Å². The van der Waals surface area contributed by atoms with Crippen molar-refractivity contribution in [2.24, 2.45) is 11.8 Å². The summed E-state index contributed by atoms with van der Waals surface area (Å²) in [5, 5.41) is 0. The maximum atomic E-state index is 12.1. The zero-order chi connectivity index (χ0) is 10.3. The van der Waals surface area contributed by atoms with Crippen LogP contribution in [0.1, 0.15) is 24.8 Å². The van der Waals surface area contributed by atoms with E-state index in [1.807, 2.05) is 30.3 Å². The van der Waals surface area contributed by atoms with Gasteiger partial charge in [-0.15, -0.1) is 0 Å². The fraction of sp³-hybridized carbons (Fsp3) is 0.357. The molecule has 76 valence electrons. The van der Waals surface area contributed by atoms with Gasteiger partial charge in [0.2, 0.25) is 0 Å². The SMILES string of the molecule is O=C1C(c2ccccc2)=CC2CCCC12. The van der Waals surface area contributed by atoms with E-state index in [1.165, 1.54) is 12.8 Å². The van der Waals surface area contributed by atoms with Gasteiger partial charge in [0.25, 0.3) is 0 Å². The number of benzene rings is 1. The molecule has 0 heterocycles. The lowest BCUT2D eigenvalue weighted by Gasteiger charge is -2.05. The zero-order valence-electron chi connectivity index (χ0n) is 8.65. The molecule has 2 atom stereocenters. The molecule has 1 aromatic carbocycles. The minimum absolute atomic E-state index is 0.306. The van der Waals surface area contributed by atoms with Gasteiger partial charge in [0.1, 0.15) is 0 Å². The first-order valence-corrected chi connectivity index (χ1v) is 5.68. The summed E-state index contributed by atoms with van der Waals surface area (Å²) >= 11 is 0. The van der Waals surface area contributed by atoms with E-state index in [9.17, 15) is 4.79 Å². The molecule has 1 fully saturated rings. The first-order valence-electron chi connectivity index (χ1n) is 5.68. The second-order valence-corrected chi connectivity index (χ2v) is 4.51. The average Bonchev–Trinajstić information content (AvgIpc) is 2.83. The van der Waals surface area contributed by atoms with Crippen LogP contribution in [0.2, 0.25) is 0 Å². The molecule has 1 nitrogen and oxygen atoms in total. The summed E-state index contributed by atoms with van der Waals surface area (Å²) in [6.07, 6.45) is 5.72. The Morgan fingerprint density at radius 2 is 1.87 bits per heavy atom. The number of rotatable bonds is 1. The van der Waals surface area contributed by atoms with E-state index in [2.05, 4.69) is 6.08 Å². The smallest absolute Gasteiger partial charge is 0.166 e. The Bertz CT molecular complexity index is 416. The minimum Gasteiger partial charge on any atom is -0.294 e. The third-order valence-electron chi connectivity index (χ3n) is 3.64. The molecule has 3 rings (SSSR count). The van der Waals surface area contributed by atoms with Crippen molar-refractivity contribution >= 4 is 11.4 Å². The predicted molar refractivity (Wildman–Crippen MR) is 60.3 cm³/mol. The van der Waals surface area contributed by atoms with Crippen molar-refractivity contribution in [2.75, 3.05) is 0 Å². The van der Waals surface area contributed by atoms with E-state index in [1.54, 1.807) is 0 Å². The highest BCUT2D eigenvalue weighted by Gasteiger charge is 2.38. The number of ketones is 1. The van der Waals surface area contributed by atoms with E-state index in [0.717, 1.165) is 17.6 Å². The molecule has 0 bridgehead atoms. The number of carbonyl (C=O) groups is 1. The van der Waals surface area contributed by atoms with Gasteiger partial charge in [-0.2, -0.15) is 0 Å².